The van der Waals surface area contributed by atoms with E-state index in [-0.39, 0.29) is 0 Å². The van der Waals surface area contributed by atoms with Crippen molar-refractivity contribution in [3.63, 3.8) is 0 Å². The van der Waals surface area contributed by atoms with Crippen molar-refractivity contribution in [2.75, 3.05) is 13.1 Å². The summed E-state index contributed by atoms with van der Waals surface area (Å²) in [5, 5.41) is 0.942. The molecule has 1 rings (SSSR count). The molecule has 0 saturated carbocycles. The van der Waals surface area contributed by atoms with E-state index in [1.54, 1.807) is 6.20 Å². The zero-order valence-electron chi connectivity index (χ0n) is 9.73. The van der Waals surface area contributed by atoms with Crippen molar-refractivity contribution < 1.29 is 8.42 Å². The molecule has 0 amide bonds. The highest BCUT2D eigenvalue weighted by molar-refractivity contribution is 7.87. The van der Waals surface area contributed by atoms with Crippen molar-refractivity contribution in [3.05, 3.63) is 16.1 Å². The number of nitrogens with zero attached hydrogens (tertiary/aromatic N) is 2. The van der Waals surface area contributed by atoms with Crippen molar-refractivity contribution in [1.29, 1.82) is 0 Å². The molecule has 16 heavy (non-hydrogen) atoms. The first-order chi connectivity index (χ1) is 7.49. The Morgan fingerprint density at radius 2 is 2.06 bits per heavy atom. The second-order valence-corrected chi connectivity index (χ2v) is 6.33. The van der Waals surface area contributed by atoms with E-state index in [1.165, 1.54) is 15.6 Å². The van der Waals surface area contributed by atoms with Crippen LogP contribution in [-0.4, -0.2) is 30.8 Å². The van der Waals surface area contributed by atoms with E-state index in [9.17, 15) is 8.42 Å². The van der Waals surface area contributed by atoms with E-state index < -0.39 is 10.2 Å². The van der Waals surface area contributed by atoms with E-state index in [0.29, 0.717) is 19.6 Å². The molecule has 1 aromatic heterocycles. The average Bonchev–Trinajstić information content (AvgIpc) is 2.63. The minimum Gasteiger partial charge on any atom is -0.250 e. The monoisotopic (exact) mass is 263 g/mol. The van der Waals surface area contributed by atoms with E-state index in [1.807, 2.05) is 20.8 Å². The van der Waals surface area contributed by atoms with E-state index >= 15 is 0 Å². The Morgan fingerprint density at radius 3 is 2.50 bits per heavy atom. The maximum absolute atomic E-state index is 11.8. The van der Waals surface area contributed by atoms with Crippen molar-refractivity contribution in [2.45, 2.75) is 27.3 Å². The van der Waals surface area contributed by atoms with Gasteiger partial charge in [-0.1, -0.05) is 13.8 Å². The van der Waals surface area contributed by atoms with E-state index in [0.717, 1.165) is 9.88 Å². The molecule has 0 aliphatic carbocycles. The standard InChI is InChI=1S/C9H17N3O2S2/c1-4-12(5-2)16(13,14)11-7-9-6-10-8(3)15-9/h6,11H,4-5,7H2,1-3H3. The van der Waals surface area contributed by atoms with Crippen LogP contribution in [0, 0.1) is 6.92 Å². The van der Waals surface area contributed by atoms with Gasteiger partial charge in [-0.15, -0.1) is 11.3 Å². The summed E-state index contributed by atoms with van der Waals surface area (Å²) in [5.41, 5.74) is 0. The molecular formula is C9H17N3O2S2. The zero-order chi connectivity index (χ0) is 12.2. The number of rotatable bonds is 6. The SMILES string of the molecule is CCN(CC)S(=O)(=O)NCc1cnc(C)s1. The number of aromatic nitrogens is 1. The van der Waals surface area contributed by atoms with Gasteiger partial charge < -0.3 is 0 Å². The lowest BCUT2D eigenvalue weighted by Gasteiger charge is -2.18. The van der Waals surface area contributed by atoms with Gasteiger partial charge in [-0.05, 0) is 6.92 Å². The molecule has 0 fully saturated rings. The summed E-state index contributed by atoms with van der Waals surface area (Å²) in [6, 6.07) is 0. The van der Waals surface area contributed by atoms with Crippen LogP contribution >= 0.6 is 11.3 Å². The van der Waals surface area contributed by atoms with Crippen LogP contribution in [0.25, 0.3) is 0 Å². The predicted molar refractivity (Wildman–Crippen MR) is 65.5 cm³/mol. The topological polar surface area (TPSA) is 62.3 Å². The first-order valence-corrected chi connectivity index (χ1v) is 7.41. The molecule has 0 aliphatic heterocycles. The smallest absolute Gasteiger partial charge is 0.250 e. The Kier molecular flexibility index (Phi) is 4.85. The summed E-state index contributed by atoms with van der Waals surface area (Å²) in [6.07, 6.45) is 1.70. The minimum atomic E-state index is -3.35. The minimum absolute atomic E-state index is 0.310. The molecule has 5 nitrogen and oxygen atoms in total. The first-order valence-electron chi connectivity index (χ1n) is 5.15. The Hall–Kier alpha value is -0.500. The van der Waals surface area contributed by atoms with Crippen LogP contribution in [0.2, 0.25) is 0 Å². The van der Waals surface area contributed by atoms with Gasteiger partial charge in [0.15, 0.2) is 0 Å². The number of hydrogen-bond acceptors (Lipinski definition) is 4. The summed E-state index contributed by atoms with van der Waals surface area (Å²) >= 11 is 1.50. The van der Waals surface area contributed by atoms with Crippen LogP contribution in [0.4, 0.5) is 0 Å². The number of aryl methyl sites for hydroxylation is 1. The number of thiazole rings is 1. The van der Waals surface area contributed by atoms with Gasteiger partial charge in [0.05, 0.1) is 5.01 Å². The fraction of sp³-hybridized carbons (Fsp3) is 0.667. The molecule has 0 spiro atoms. The van der Waals surface area contributed by atoms with Crippen LogP contribution in [0.3, 0.4) is 0 Å². The second-order valence-electron chi connectivity index (χ2n) is 3.26. The van der Waals surface area contributed by atoms with Gasteiger partial charge in [0.2, 0.25) is 0 Å². The summed E-state index contributed by atoms with van der Waals surface area (Å²) in [7, 11) is -3.35. The van der Waals surface area contributed by atoms with Crippen LogP contribution in [0.5, 0.6) is 0 Å². The van der Waals surface area contributed by atoms with Gasteiger partial charge in [-0.25, -0.2) is 4.98 Å². The van der Waals surface area contributed by atoms with Gasteiger partial charge in [0.1, 0.15) is 0 Å². The highest BCUT2D eigenvalue weighted by atomic mass is 32.2. The number of hydrogen-bond donors (Lipinski definition) is 1. The maximum Gasteiger partial charge on any atom is 0.279 e. The molecule has 1 aromatic rings. The Labute approximate surface area is 101 Å². The molecule has 1 heterocycles. The molecule has 0 radical (unpaired) electrons. The third kappa shape index (κ3) is 3.51. The Morgan fingerprint density at radius 1 is 1.44 bits per heavy atom. The van der Waals surface area contributed by atoms with Crippen molar-refractivity contribution in [2.24, 2.45) is 0 Å². The van der Waals surface area contributed by atoms with Gasteiger partial charge in [-0.3, -0.25) is 0 Å². The lowest BCUT2D eigenvalue weighted by Crippen LogP contribution is -2.39. The molecule has 0 saturated heterocycles. The fourth-order valence-electron chi connectivity index (χ4n) is 1.30. The molecular weight excluding hydrogens is 246 g/mol. The van der Waals surface area contributed by atoms with Gasteiger partial charge >= 0.3 is 0 Å². The zero-order valence-corrected chi connectivity index (χ0v) is 11.4. The summed E-state index contributed by atoms with van der Waals surface area (Å²) in [6.45, 7) is 6.80. The van der Waals surface area contributed by atoms with Gasteiger partial charge in [-0.2, -0.15) is 17.4 Å². The highest BCUT2D eigenvalue weighted by Gasteiger charge is 2.17. The Bertz CT molecular complexity index is 424. The largest absolute Gasteiger partial charge is 0.279 e. The van der Waals surface area contributed by atoms with Gasteiger partial charge in [0.25, 0.3) is 10.2 Å². The molecule has 0 aromatic carbocycles. The number of nitrogens with one attached hydrogen (secondary N) is 1. The third-order valence-corrected chi connectivity index (χ3v) is 4.76. The summed E-state index contributed by atoms with van der Waals surface area (Å²) in [4.78, 5) is 5.00. The first kappa shape index (κ1) is 13.6. The molecule has 0 aliphatic rings. The molecule has 1 N–H and O–H groups in total. The summed E-state index contributed by atoms with van der Waals surface area (Å²) in [5.74, 6) is 0. The third-order valence-electron chi connectivity index (χ3n) is 2.14. The van der Waals surface area contributed by atoms with Crippen molar-refractivity contribution in [1.82, 2.24) is 14.0 Å². The van der Waals surface area contributed by atoms with E-state index in [4.69, 9.17) is 0 Å². The van der Waals surface area contributed by atoms with Crippen LogP contribution < -0.4 is 4.72 Å². The van der Waals surface area contributed by atoms with Crippen molar-refractivity contribution >= 4 is 21.5 Å². The molecule has 7 heteroatoms. The van der Waals surface area contributed by atoms with Crippen LogP contribution in [0.1, 0.15) is 23.7 Å². The Balaban J connectivity index is 2.60. The maximum atomic E-state index is 11.8. The van der Waals surface area contributed by atoms with Crippen LogP contribution in [-0.2, 0) is 16.8 Å². The molecule has 92 valence electrons. The highest BCUT2D eigenvalue weighted by Crippen LogP contribution is 2.11. The predicted octanol–water partition coefficient (Wildman–Crippen LogP) is 1.13. The lowest BCUT2D eigenvalue weighted by molar-refractivity contribution is 0.435. The average molecular weight is 263 g/mol. The fourth-order valence-corrected chi connectivity index (χ4v) is 3.33. The molecule has 0 atom stereocenters. The normalized spacial score (nSPS) is 12.2. The molecule has 0 unspecified atom stereocenters. The lowest BCUT2D eigenvalue weighted by atomic mass is 10.6. The van der Waals surface area contributed by atoms with Crippen molar-refractivity contribution in [3.8, 4) is 0 Å². The summed E-state index contributed by atoms with van der Waals surface area (Å²) < 4.78 is 27.5. The quantitative estimate of drug-likeness (QED) is 0.837. The second kappa shape index (κ2) is 5.72. The van der Waals surface area contributed by atoms with Crippen LogP contribution in [0.15, 0.2) is 6.20 Å². The van der Waals surface area contributed by atoms with Gasteiger partial charge in [0, 0.05) is 30.7 Å². The molecule has 0 bridgehead atoms. The van der Waals surface area contributed by atoms with E-state index in [2.05, 4.69) is 9.71 Å².